The zero-order chi connectivity index (χ0) is 15.9. The van der Waals surface area contributed by atoms with E-state index < -0.39 is 5.97 Å². The first kappa shape index (κ1) is 14.1. The summed E-state index contributed by atoms with van der Waals surface area (Å²) in [5, 5.41) is 10.2. The number of aromatic carboxylic acids is 1. The number of fused-ring (bicyclic) bond motifs is 1. The number of aromatic nitrogens is 1. The first-order valence-corrected chi connectivity index (χ1v) is 6.97. The molecule has 0 radical (unpaired) electrons. The van der Waals surface area contributed by atoms with E-state index in [-0.39, 0.29) is 5.56 Å². The molecule has 0 unspecified atom stereocenters. The Morgan fingerprint density at radius 2 is 1.91 bits per heavy atom. The number of nitrogens with zero attached hydrogens (tertiary/aromatic N) is 1. The molecule has 0 aliphatic carbocycles. The molecule has 4 heteroatoms. The fourth-order valence-electron chi connectivity index (χ4n) is 2.70. The first-order chi connectivity index (χ1) is 10.5. The van der Waals surface area contributed by atoms with Crippen molar-refractivity contribution >= 4 is 22.6 Å². The summed E-state index contributed by atoms with van der Waals surface area (Å²) in [6.07, 6.45) is 0. The van der Waals surface area contributed by atoms with Gasteiger partial charge in [-0.25, -0.2) is 9.78 Å². The Morgan fingerprint density at radius 3 is 2.59 bits per heavy atom. The molecule has 0 bridgehead atoms. The van der Waals surface area contributed by atoms with E-state index in [1.807, 2.05) is 38.1 Å². The number of hydrogen-bond donors (Lipinski definition) is 2. The van der Waals surface area contributed by atoms with Gasteiger partial charge >= 0.3 is 5.97 Å². The van der Waals surface area contributed by atoms with Gasteiger partial charge in [0.15, 0.2) is 0 Å². The van der Waals surface area contributed by atoms with Gasteiger partial charge in [0.05, 0.1) is 16.8 Å². The molecule has 1 heterocycles. The summed E-state index contributed by atoms with van der Waals surface area (Å²) >= 11 is 0. The van der Waals surface area contributed by atoms with Gasteiger partial charge in [0.1, 0.15) is 0 Å². The number of carbonyl (C=O) groups is 1. The highest BCUT2D eigenvalue weighted by atomic mass is 16.4. The lowest BCUT2D eigenvalue weighted by molar-refractivity contribution is 0.0699. The SMILES string of the molecule is Cc1cc(C)c2nc(-c3cccc(N)c3)cc(C(=O)O)c2c1. The maximum atomic E-state index is 11.6. The molecule has 0 aliphatic heterocycles. The Labute approximate surface area is 128 Å². The third kappa shape index (κ3) is 2.39. The van der Waals surface area contributed by atoms with Gasteiger partial charge in [0, 0.05) is 16.6 Å². The number of benzene rings is 2. The van der Waals surface area contributed by atoms with Crippen molar-refractivity contribution in [3.63, 3.8) is 0 Å². The third-order valence-electron chi connectivity index (χ3n) is 3.66. The first-order valence-electron chi connectivity index (χ1n) is 6.97. The average molecular weight is 292 g/mol. The van der Waals surface area contributed by atoms with E-state index in [2.05, 4.69) is 4.98 Å². The molecule has 0 saturated heterocycles. The molecule has 3 N–H and O–H groups in total. The lowest BCUT2D eigenvalue weighted by Gasteiger charge is -2.10. The number of nitrogen functional groups attached to an aromatic ring is 1. The van der Waals surface area contributed by atoms with E-state index in [1.165, 1.54) is 0 Å². The van der Waals surface area contributed by atoms with E-state index in [9.17, 15) is 9.90 Å². The maximum Gasteiger partial charge on any atom is 0.336 e. The van der Waals surface area contributed by atoms with Gasteiger partial charge in [-0.15, -0.1) is 0 Å². The molecule has 3 aromatic rings. The van der Waals surface area contributed by atoms with Crippen molar-refractivity contribution in [2.75, 3.05) is 5.73 Å². The average Bonchev–Trinajstić information content (AvgIpc) is 2.46. The fourth-order valence-corrected chi connectivity index (χ4v) is 2.70. The van der Waals surface area contributed by atoms with Gasteiger partial charge in [-0.05, 0) is 43.7 Å². The van der Waals surface area contributed by atoms with Crippen molar-refractivity contribution in [3.8, 4) is 11.3 Å². The summed E-state index contributed by atoms with van der Waals surface area (Å²) in [6, 6.07) is 12.8. The number of aryl methyl sites for hydroxylation is 2. The number of carboxylic acid groups (broad SMARTS) is 1. The van der Waals surface area contributed by atoms with Gasteiger partial charge in [0.2, 0.25) is 0 Å². The molecular formula is C18H16N2O2. The van der Waals surface area contributed by atoms with Gasteiger partial charge in [-0.3, -0.25) is 0 Å². The highest BCUT2D eigenvalue weighted by molar-refractivity contribution is 6.04. The van der Waals surface area contributed by atoms with Crippen LogP contribution < -0.4 is 5.73 Å². The van der Waals surface area contributed by atoms with Crippen molar-refractivity contribution in [3.05, 3.63) is 59.2 Å². The van der Waals surface area contributed by atoms with Crippen molar-refractivity contribution in [1.29, 1.82) is 0 Å². The van der Waals surface area contributed by atoms with Crippen molar-refractivity contribution in [2.45, 2.75) is 13.8 Å². The summed E-state index contributed by atoms with van der Waals surface area (Å²) in [5.41, 5.74) is 10.8. The van der Waals surface area contributed by atoms with Crippen LogP contribution in [0, 0.1) is 13.8 Å². The number of pyridine rings is 1. The number of anilines is 1. The molecule has 0 saturated carbocycles. The van der Waals surface area contributed by atoms with Crippen LogP contribution in [0.4, 0.5) is 5.69 Å². The molecule has 1 aromatic heterocycles. The summed E-state index contributed by atoms with van der Waals surface area (Å²) in [6.45, 7) is 3.89. The van der Waals surface area contributed by atoms with E-state index in [1.54, 1.807) is 18.2 Å². The van der Waals surface area contributed by atoms with E-state index in [0.29, 0.717) is 22.3 Å². The monoisotopic (exact) mass is 292 g/mol. The smallest absolute Gasteiger partial charge is 0.336 e. The Kier molecular flexibility index (Phi) is 3.29. The van der Waals surface area contributed by atoms with Crippen LogP contribution in [0.15, 0.2) is 42.5 Å². The zero-order valence-electron chi connectivity index (χ0n) is 12.4. The van der Waals surface area contributed by atoms with Crippen LogP contribution in [0.5, 0.6) is 0 Å². The highest BCUT2D eigenvalue weighted by Gasteiger charge is 2.14. The number of rotatable bonds is 2. The van der Waals surface area contributed by atoms with Crippen LogP contribution in [-0.4, -0.2) is 16.1 Å². The molecule has 0 spiro atoms. The molecule has 4 nitrogen and oxygen atoms in total. The third-order valence-corrected chi connectivity index (χ3v) is 3.66. The van der Waals surface area contributed by atoms with E-state index >= 15 is 0 Å². The number of hydrogen-bond acceptors (Lipinski definition) is 3. The minimum absolute atomic E-state index is 0.259. The lowest BCUT2D eigenvalue weighted by atomic mass is 10.00. The second kappa shape index (κ2) is 5.15. The molecule has 110 valence electrons. The number of carboxylic acids is 1. The second-order valence-corrected chi connectivity index (χ2v) is 5.46. The molecular weight excluding hydrogens is 276 g/mol. The molecule has 3 rings (SSSR count). The molecule has 0 fully saturated rings. The summed E-state index contributed by atoms with van der Waals surface area (Å²) in [7, 11) is 0. The standard InChI is InChI=1S/C18H16N2O2/c1-10-6-11(2)17-14(7-10)15(18(21)22)9-16(20-17)12-4-3-5-13(19)8-12/h3-9H,19H2,1-2H3,(H,21,22). The quantitative estimate of drug-likeness (QED) is 0.704. The lowest BCUT2D eigenvalue weighted by Crippen LogP contribution is -2.02. The second-order valence-electron chi connectivity index (χ2n) is 5.46. The summed E-state index contributed by atoms with van der Waals surface area (Å²) in [4.78, 5) is 16.3. The van der Waals surface area contributed by atoms with Crippen LogP contribution in [-0.2, 0) is 0 Å². The Bertz CT molecular complexity index is 901. The molecule has 0 amide bonds. The van der Waals surface area contributed by atoms with Gasteiger partial charge < -0.3 is 10.8 Å². The van der Waals surface area contributed by atoms with Crippen LogP contribution in [0.2, 0.25) is 0 Å². The Morgan fingerprint density at radius 1 is 1.14 bits per heavy atom. The van der Waals surface area contributed by atoms with Gasteiger partial charge in [-0.1, -0.05) is 23.8 Å². The van der Waals surface area contributed by atoms with Crippen LogP contribution in [0.3, 0.4) is 0 Å². The minimum Gasteiger partial charge on any atom is -0.478 e. The fraction of sp³-hybridized carbons (Fsp3) is 0.111. The Hall–Kier alpha value is -2.88. The van der Waals surface area contributed by atoms with Crippen molar-refractivity contribution in [1.82, 2.24) is 4.98 Å². The number of nitrogens with two attached hydrogens (primary N) is 1. The topological polar surface area (TPSA) is 76.2 Å². The van der Waals surface area contributed by atoms with Gasteiger partial charge in [-0.2, -0.15) is 0 Å². The Balaban J connectivity index is 2.37. The van der Waals surface area contributed by atoms with E-state index in [4.69, 9.17) is 5.73 Å². The molecule has 22 heavy (non-hydrogen) atoms. The molecule has 2 aromatic carbocycles. The molecule has 0 atom stereocenters. The molecule has 0 aliphatic rings. The zero-order valence-corrected chi connectivity index (χ0v) is 12.4. The predicted molar refractivity (Wildman–Crippen MR) is 88.0 cm³/mol. The normalized spacial score (nSPS) is 10.8. The largest absolute Gasteiger partial charge is 0.478 e. The highest BCUT2D eigenvalue weighted by Crippen LogP contribution is 2.28. The predicted octanol–water partition coefficient (Wildman–Crippen LogP) is 3.80. The summed E-state index contributed by atoms with van der Waals surface area (Å²) in [5.74, 6) is -0.956. The minimum atomic E-state index is -0.956. The summed E-state index contributed by atoms with van der Waals surface area (Å²) < 4.78 is 0. The maximum absolute atomic E-state index is 11.6. The van der Waals surface area contributed by atoms with Crippen LogP contribution in [0.1, 0.15) is 21.5 Å². The van der Waals surface area contributed by atoms with Crippen molar-refractivity contribution < 1.29 is 9.90 Å². The van der Waals surface area contributed by atoms with E-state index in [0.717, 1.165) is 16.7 Å². The van der Waals surface area contributed by atoms with Gasteiger partial charge in [0.25, 0.3) is 0 Å². The van der Waals surface area contributed by atoms with Crippen molar-refractivity contribution in [2.24, 2.45) is 0 Å². The van der Waals surface area contributed by atoms with Crippen LogP contribution >= 0.6 is 0 Å². The van der Waals surface area contributed by atoms with Crippen LogP contribution in [0.25, 0.3) is 22.2 Å².